The molecule has 3 N–H and O–H groups in total. The lowest BCUT2D eigenvalue weighted by atomic mass is 10.0. The molecule has 5 heteroatoms. The van der Waals surface area contributed by atoms with Crippen LogP contribution in [0.2, 0.25) is 0 Å². The third-order valence-corrected chi connectivity index (χ3v) is 5.48. The fourth-order valence-electron chi connectivity index (χ4n) is 3.19. The molecule has 1 unspecified atom stereocenters. The smallest absolute Gasteiger partial charge is 0.180 e. The molecule has 0 bridgehead atoms. The Morgan fingerprint density at radius 2 is 2.25 bits per heavy atom. The first-order valence-corrected chi connectivity index (χ1v) is 9.08. The van der Waals surface area contributed by atoms with Crippen LogP contribution in [-0.4, -0.2) is 23.1 Å². The molecule has 4 nitrogen and oxygen atoms in total. The summed E-state index contributed by atoms with van der Waals surface area (Å²) in [6.07, 6.45) is 8.28. The quantitative estimate of drug-likeness (QED) is 0.767. The van der Waals surface area contributed by atoms with Crippen molar-refractivity contribution in [2.45, 2.75) is 18.8 Å². The van der Waals surface area contributed by atoms with Crippen molar-refractivity contribution in [2.75, 3.05) is 18.8 Å². The highest BCUT2D eigenvalue weighted by Gasteiger charge is 2.21. The maximum atomic E-state index is 5.90. The van der Waals surface area contributed by atoms with Crippen molar-refractivity contribution in [3.05, 3.63) is 58.7 Å². The molecule has 4 rings (SSSR count). The first-order chi connectivity index (χ1) is 11.8. The average Bonchev–Trinajstić information content (AvgIpc) is 2.87. The van der Waals surface area contributed by atoms with Gasteiger partial charge in [0.25, 0.3) is 0 Å². The zero-order valence-electron chi connectivity index (χ0n) is 13.4. The molecule has 0 saturated heterocycles. The zero-order valence-corrected chi connectivity index (χ0v) is 14.2. The van der Waals surface area contributed by atoms with Crippen molar-refractivity contribution >= 4 is 33.4 Å². The molecule has 0 amide bonds. The molecule has 0 spiro atoms. The number of aromatic nitrogens is 2. The van der Waals surface area contributed by atoms with Crippen molar-refractivity contribution in [1.82, 2.24) is 15.3 Å². The molecule has 1 aliphatic heterocycles. The van der Waals surface area contributed by atoms with E-state index in [4.69, 9.17) is 5.73 Å². The first kappa shape index (κ1) is 15.3. The van der Waals surface area contributed by atoms with Gasteiger partial charge in [0, 0.05) is 41.9 Å². The molecule has 0 fully saturated rings. The van der Waals surface area contributed by atoms with Crippen LogP contribution in [0.4, 0.5) is 5.13 Å². The molecular weight excluding hydrogens is 316 g/mol. The Morgan fingerprint density at radius 1 is 1.33 bits per heavy atom. The Morgan fingerprint density at radius 3 is 3.21 bits per heavy atom. The van der Waals surface area contributed by atoms with E-state index in [0.717, 1.165) is 37.0 Å². The summed E-state index contributed by atoms with van der Waals surface area (Å²) in [4.78, 5) is 10.3. The second-order valence-electron chi connectivity index (χ2n) is 6.11. The molecular formula is C19H20N4S. The third kappa shape index (κ3) is 3.18. The Kier molecular flexibility index (Phi) is 4.28. The highest BCUT2D eigenvalue weighted by Crippen LogP contribution is 2.32. The van der Waals surface area contributed by atoms with Gasteiger partial charge in [-0.1, -0.05) is 30.4 Å². The number of hydrogen-bond donors (Lipinski definition) is 2. The number of nitrogens with one attached hydrogen (secondary N) is 1. The number of thiazole rings is 1. The number of nitrogens with zero attached hydrogens (tertiary/aromatic N) is 2. The molecule has 0 saturated carbocycles. The number of fused-ring (bicyclic) bond motifs is 2. The Hall–Kier alpha value is -2.24. The van der Waals surface area contributed by atoms with Gasteiger partial charge in [-0.15, -0.1) is 11.3 Å². The van der Waals surface area contributed by atoms with Gasteiger partial charge in [0.1, 0.15) is 0 Å². The van der Waals surface area contributed by atoms with Crippen LogP contribution >= 0.6 is 11.3 Å². The normalized spacial score (nSPS) is 17.9. The van der Waals surface area contributed by atoms with E-state index in [1.54, 1.807) is 11.3 Å². The Bertz CT molecular complexity index is 884. The monoisotopic (exact) mass is 336 g/mol. The van der Waals surface area contributed by atoms with E-state index in [1.807, 2.05) is 24.4 Å². The van der Waals surface area contributed by atoms with E-state index < -0.39 is 0 Å². The second-order valence-corrected chi connectivity index (χ2v) is 7.18. The predicted molar refractivity (Wildman–Crippen MR) is 101 cm³/mol. The number of hydrogen-bond acceptors (Lipinski definition) is 5. The molecule has 1 atom stereocenters. The van der Waals surface area contributed by atoms with E-state index in [2.05, 4.69) is 39.6 Å². The van der Waals surface area contributed by atoms with E-state index >= 15 is 0 Å². The highest BCUT2D eigenvalue weighted by atomic mass is 32.1. The van der Waals surface area contributed by atoms with E-state index in [1.165, 1.54) is 16.0 Å². The Balaban J connectivity index is 1.52. The lowest BCUT2D eigenvalue weighted by Crippen LogP contribution is -2.19. The number of para-hydroxylation sites is 1. The molecule has 3 heterocycles. The van der Waals surface area contributed by atoms with Crippen LogP contribution in [0.5, 0.6) is 0 Å². The van der Waals surface area contributed by atoms with Crippen molar-refractivity contribution in [2.24, 2.45) is 0 Å². The second kappa shape index (κ2) is 6.71. The van der Waals surface area contributed by atoms with Crippen molar-refractivity contribution in [3.63, 3.8) is 0 Å². The van der Waals surface area contributed by atoms with Crippen molar-refractivity contribution in [3.8, 4) is 0 Å². The number of benzene rings is 1. The molecule has 0 radical (unpaired) electrons. The number of anilines is 1. The van der Waals surface area contributed by atoms with Gasteiger partial charge in [-0.25, -0.2) is 4.98 Å². The Labute approximate surface area is 145 Å². The lowest BCUT2D eigenvalue weighted by molar-refractivity contribution is 0.619. The van der Waals surface area contributed by atoms with Crippen LogP contribution in [0.15, 0.2) is 42.6 Å². The SMILES string of the molecule is Nc1nc2c(s1)C(CC=Cc1cnc3ccccc3c1)CNCC2. The largest absolute Gasteiger partial charge is 0.375 e. The highest BCUT2D eigenvalue weighted by molar-refractivity contribution is 7.15. The molecule has 2 aromatic heterocycles. The topological polar surface area (TPSA) is 63.8 Å². The van der Waals surface area contributed by atoms with Crippen LogP contribution in [0.25, 0.3) is 17.0 Å². The third-order valence-electron chi connectivity index (χ3n) is 4.39. The van der Waals surface area contributed by atoms with Gasteiger partial charge in [0.15, 0.2) is 5.13 Å². The van der Waals surface area contributed by atoms with Gasteiger partial charge in [-0.05, 0) is 24.1 Å². The number of pyridine rings is 1. The minimum atomic E-state index is 0.446. The van der Waals surface area contributed by atoms with Gasteiger partial charge in [-0.3, -0.25) is 4.98 Å². The van der Waals surface area contributed by atoms with E-state index in [9.17, 15) is 0 Å². The van der Waals surface area contributed by atoms with Gasteiger partial charge in [-0.2, -0.15) is 0 Å². The fraction of sp³-hybridized carbons (Fsp3) is 0.263. The summed E-state index contributed by atoms with van der Waals surface area (Å²) >= 11 is 1.64. The minimum absolute atomic E-state index is 0.446. The maximum absolute atomic E-state index is 5.90. The summed E-state index contributed by atoms with van der Waals surface area (Å²) in [5, 5.41) is 5.37. The molecule has 1 aromatic carbocycles. The number of nitrogen functional groups attached to an aromatic ring is 1. The van der Waals surface area contributed by atoms with Gasteiger partial charge >= 0.3 is 0 Å². The van der Waals surface area contributed by atoms with Crippen LogP contribution < -0.4 is 11.1 Å². The van der Waals surface area contributed by atoms with E-state index in [0.29, 0.717) is 11.0 Å². The standard InChI is InChI=1S/C19H20N4S/c20-19-23-17-8-9-21-12-15(18(17)24-19)6-3-4-13-10-14-5-1-2-7-16(14)22-11-13/h1-5,7,10-11,15,21H,6,8-9,12H2,(H2,20,23). The van der Waals surface area contributed by atoms with Crippen molar-refractivity contribution in [1.29, 1.82) is 0 Å². The summed E-state index contributed by atoms with van der Waals surface area (Å²) in [6, 6.07) is 10.4. The number of rotatable bonds is 3. The lowest BCUT2D eigenvalue weighted by Gasteiger charge is -2.11. The molecule has 1 aliphatic rings. The fourth-order valence-corrected chi connectivity index (χ4v) is 4.19. The van der Waals surface area contributed by atoms with Crippen molar-refractivity contribution < 1.29 is 0 Å². The minimum Gasteiger partial charge on any atom is -0.375 e. The molecule has 3 aromatic rings. The van der Waals surface area contributed by atoms with E-state index in [-0.39, 0.29) is 0 Å². The summed E-state index contributed by atoms with van der Waals surface area (Å²) in [6.45, 7) is 1.96. The van der Waals surface area contributed by atoms with Crippen LogP contribution in [0.1, 0.15) is 28.5 Å². The maximum Gasteiger partial charge on any atom is 0.180 e. The van der Waals surface area contributed by atoms with Gasteiger partial charge in [0.05, 0.1) is 11.2 Å². The average molecular weight is 336 g/mol. The summed E-state index contributed by atoms with van der Waals surface area (Å²) in [5.41, 5.74) is 9.25. The van der Waals surface area contributed by atoms with Gasteiger partial charge < -0.3 is 11.1 Å². The molecule has 24 heavy (non-hydrogen) atoms. The first-order valence-electron chi connectivity index (χ1n) is 8.27. The molecule has 0 aliphatic carbocycles. The van der Waals surface area contributed by atoms with Crippen LogP contribution in [0, 0.1) is 0 Å². The number of allylic oxidation sites excluding steroid dienone is 1. The van der Waals surface area contributed by atoms with Crippen LogP contribution in [0.3, 0.4) is 0 Å². The summed E-state index contributed by atoms with van der Waals surface area (Å²) < 4.78 is 0. The summed E-state index contributed by atoms with van der Waals surface area (Å²) in [7, 11) is 0. The molecule has 122 valence electrons. The zero-order chi connectivity index (χ0) is 16.4. The predicted octanol–water partition coefficient (Wildman–Crippen LogP) is 3.61. The summed E-state index contributed by atoms with van der Waals surface area (Å²) in [5.74, 6) is 0.446. The van der Waals surface area contributed by atoms with Gasteiger partial charge in [0.2, 0.25) is 0 Å². The number of nitrogens with two attached hydrogens (primary N) is 1. The van der Waals surface area contributed by atoms with Crippen LogP contribution in [-0.2, 0) is 6.42 Å².